The van der Waals surface area contributed by atoms with Crippen molar-refractivity contribution in [1.29, 1.82) is 0 Å². The number of allylic oxidation sites excluding steroid dienone is 2. The van der Waals surface area contributed by atoms with Gasteiger partial charge in [-0.25, -0.2) is 0 Å². The summed E-state index contributed by atoms with van der Waals surface area (Å²) in [5.41, 5.74) is 0. The van der Waals surface area contributed by atoms with Gasteiger partial charge < -0.3 is 5.11 Å². The molecule has 0 heterocycles. The Balaban J connectivity index is 2.36. The van der Waals surface area contributed by atoms with Crippen LogP contribution in [0.3, 0.4) is 0 Å². The SMILES string of the molecule is O=C(O)C[C@@H]1C=CCCCC1. The molecule has 1 N–H and O–H groups in total. The Bertz CT molecular complexity index is 161. The van der Waals surface area contributed by atoms with Crippen molar-refractivity contribution in [2.24, 2.45) is 5.92 Å². The number of rotatable bonds is 2. The molecule has 1 rings (SSSR count). The van der Waals surface area contributed by atoms with Crippen molar-refractivity contribution in [2.75, 3.05) is 0 Å². The van der Waals surface area contributed by atoms with Crippen LogP contribution in [-0.4, -0.2) is 11.1 Å². The molecule has 0 spiro atoms. The van der Waals surface area contributed by atoms with Gasteiger partial charge in [0.05, 0.1) is 6.42 Å². The van der Waals surface area contributed by atoms with Crippen LogP contribution >= 0.6 is 0 Å². The molecule has 1 aliphatic carbocycles. The fraction of sp³-hybridized carbons (Fsp3) is 0.667. The van der Waals surface area contributed by atoms with Crippen LogP contribution in [0.15, 0.2) is 12.2 Å². The van der Waals surface area contributed by atoms with Crippen LogP contribution in [0.4, 0.5) is 0 Å². The van der Waals surface area contributed by atoms with E-state index >= 15 is 0 Å². The molecule has 0 radical (unpaired) electrons. The summed E-state index contributed by atoms with van der Waals surface area (Å²) in [7, 11) is 0. The lowest BCUT2D eigenvalue weighted by Crippen LogP contribution is -2.04. The van der Waals surface area contributed by atoms with Crippen LogP contribution in [0, 0.1) is 5.92 Å². The van der Waals surface area contributed by atoms with Crippen molar-refractivity contribution in [3.63, 3.8) is 0 Å². The second-order valence-corrected chi connectivity index (χ2v) is 3.07. The van der Waals surface area contributed by atoms with E-state index in [9.17, 15) is 4.79 Å². The maximum Gasteiger partial charge on any atom is 0.303 e. The second kappa shape index (κ2) is 4.16. The summed E-state index contributed by atoms with van der Waals surface area (Å²) in [5.74, 6) is -0.392. The molecule has 0 aromatic rings. The van der Waals surface area contributed by atoms with Crippen molar-refractivity contribution in [2.45, 2.75) is 32.1 Å². The normalized spacial score (nSPS) is 24.5. The van der Waals surface area contributed by atoms with Gasteiger partial charge in [-0.1, -0.05) is 18.6 Å². The monoisotopic (exact) mass is 154 g/mol. The molecule has 11 heavy (non-hydrogen) atoms. The third-order valence-electron chi connectivity index (χ3n) is 2.04. The number of hydrogen-bond acceptors (Lipinski definition) is 1. The predicted molar refractivity (Wildman–Crippen MR) is 43.4 cm³/mol. The number of carboxylic acid groups (broad SMARTS) is 1. The first-order chi connectivity index (χ1) is 5.29. The zero-order valence-electron chi connectivity index (χ0n) is 6.62. The molecular weight excluding hydrogens is 140 g/mol. The van der Waals surface area contributed by atoms with Crippen LogP contribution in [-0.2, 0) is 4.79 Å². The highest BCUT2D eigenvalue weighted by molar-refractivity contribution is 5.67. The molecule has 0 aromatic carbocycles. The van der Waals surface area contributed by atoms with Crippen molar-refractivity contribution >= 4 is 5.97 Å². The summed E-state index contributed by atoms with van der Waals surface area (Å²) in [4.78, 5) is 10.3. The molecule has 0 amide bonds. The van der Waals surface area contributed by atoms with Crippen LogP contribution < -0.4 is 0 Å². The summed E-state index contributed by atoms with van der Waals surface area (Å²) in [6.45, 7) is 0. The van der Waals surface area contributed by atoms with E-state index in [1.165, 1.54) is 12.8 Å². The molecule has 0 saturated carbocycles. The Hall–Kier alpha value is -0.790. The van der Waals surface area contributed by atoms with Crippen molar-refractivity contribution in [1.82, 2.24) is 0 Å². The van der Waals surface area contributed by atoms with E-state index in [2.05, 4.69) is 12.2 Å². The molecule has 0 fully saturated rings. The van der Waals surface area contributed by atoms with E-state index in [4.69, 9.17) is 5.11 Å². The summed E-state index contributed by atoms with van der Waals surface area (Å²) < 4.78 is 0. The zero-order chi connectivity index (χ0) is 8.10. The summed E-state index contributed by atoms with van der Waals surface area (Å²) >= 11 is 0. The average molecular weight is 154 g/mol. The van der Waals surface area contributed by atoms with Gasteiger partial charge in [-0.05, 0) is 25.2 Å². The standard InChI is InChI=1S/C9H14O2/c10-9(11)7-8-5-3-1-2-4-6-8/h3,5,8H,1-2,4,6-7H2,(H,10,11)/t8-/m1/s1. The second-order valence-electron chi connectivity index (χ2n) is 3.07. The molecule has 2 nitrogen and oxygen atoms in total. The summed E-state index contributed by atoms with van der Waals surface area (Å²) in [6.07, 6.45) is 9.02. The van der Waals surface area contributed by atoms with Gasteiger partial charge in [0.15, 0.2) is 0 Å². The smallest absolute Gasteiger partial charge is 0.303 e. The molecular formula is C9H14O2. The van der Waals surface area contributed by atoms with Crippen LogP contribution in [0.25, 0.3) is 0 Å². The molecule has 0 saturated heterocycles. The maximum absolute atomic E-state index is 10.3. The lowest BCUT2D eigenvalue weighted by molar-refractivity contribution is -0.137. The molecule has 0 unspecified atom stereocenters. The molecule has 62 valence electrons. The van der Waals surface area contributed by atoms with E-state index in [1.807, 2.05) is 0 Å². The van der Waals surface area contributed by atoms with Crippen LogP contribution in [0.5, 0.6) is 0 Å². The van der Waals surface area contributed by atoms with Gasteiger partial charge in [-0.3, -0.25) is 4.79 Å². The van der Waals surface area contributed by atoms with E-state index in [0.29, 0.717) is 6.42 Å². The molecule has 1 aliphatic rings. The molecule has 0 bridgehead atoms. The Kier molecular flexibility index (Phi) is 3.14. The quantitative estimate of drug-likeness (QED) is 0.619. The lowest BCUT2D eigenvalue weighted by Gasteiger charge is -2.05. The minimum absolute atomic E-state index is 0.287. The number of carbonyl (C=O) groups is 1. The summed E-state index contributed by atoms with van der Waals surface area (Å²) in [5, 5.41) is 8.52. The van der Waals surface area contributed by atoms with Gasteiger partial charge in [-0.2, -0.15) is 0 Å². The van der Waals surface area contributed by atoms with Crippen LogP contribution in [0.2, 0.25) is 0 Å². The lowest BCUT2D eigenvalue weighted by atomic mass is 10.0. The Labute approximate surface area is 66.9 Å². The fourth-order valence-corrected chi connectivity index (χ4v) is 1.45. The molecule has 0 aliphatic heterocycles. The van der Waals surface area contributed by atoms with E-state index < -0.39 is 5.97 Å². The van der Waals surface area contributed by atoms with Gasteiger partial charge in [0.25, 0.3) is 0 Å². The van der Waals surface area contributed by atoms with E-state index in [-0.39, 0.29) is 5.92 Å². The maximum atomic E-state index is 10.3. The largest absolute Gasteiger partial charge is 0.481 e. The van der Waals surface area contributed by atoms with Crippen molar-refractivity contribution in [3.05, 3.63) is 12.2 Å². The van der Waals surface area contributed by atoms with Crippen molar-refractivity contribution < 1.29 is 9.90 Å². The van der Waals surface area contributed by atoms with Crippen molar-refractivity contribution in [3.8, 4) is 0 Å². The topological polar surface area (TPSA) is 37.3 Å². The number of carboxylic acids is 1. The highest BCUT2D eigenvalue weighted by Gasteiger charge is 2.10. The van der Waals surface area contributed by atoms with Gasteiger partial charge in [0, 0.05) is 0 Å². The molecule has 2 heteroatoms. The number of hydrogen-bond donors (Lipinski definition) is 1. The first-order valence-corrected chi connectivity index (χ1v) is 4.17. The molecule has 1 atom stereocenters. The number of aliphatic carboxylic acids is 1. The average Bonchev–Trinajstić information content (AvgIpc) is 2.14. The van der Waals surface area contributed by atoms with Crippen LogP contribution in [0.1, 0.15) is 32.1 Å². The first kappa shape index (κ1) is 8.31. The fourth-order valence-electron chi connectivity index (χ4n) is 1.45. The highest BCUT2D eigenvalue weighted by atomic mass is 16.4. The van der Waals surface area contributed by atoms with Gasteiger partial charge in [0.1, 0.15) is 0 Å². The van der Waals surface area contributed by atoms with Gasteiger partial charge in [-0.15, -0.1) is 0 Å². The third kappa shape index (κ3) is 3.21. The Morgan fingerprint density at radius 1 is 1.55 bits per heavy atom. The Morgan fingerprint density at radius 3 is 3.09 bits per heavy atom. The van der Waals surface area contributed by atoms with Gasteiger partial charge in [0.2, 0.25) is 0 Å². The minimum Gasteiger partial charge on any atom is -0.481 e. The Morgan fingerprint density at radius 2 is 2.36 bits per heavy atom. The highest BCUT2D eigenvalue weighted by Crippen LogP contribution is 2.19. The van der Waals surface area contributed by atoms with E-state index in [1.54, 1.807) is 0 Å². The first-order valence-electron chi connectivity index (χ1n) is 4.17. The van der Waals surface area contributed by atoms with Gasteiger partial charge >= 0.3 is 5.97 Å². The molecule has 0 aromatic heterocycles. The predicted octanol–water partition coefficient (Wildman–Crippen LogP) is 2.21. The van der Waals surface area contributed by atoms with E-state index in [0.717, 1.165) is 12.8 Å². The minimum atomic E-state index is -0.679. The third-order valence-corrected chi connectivity index (χ3v) is 2.04. The zero-order valence-corrected chi connectivity index (χ0v) is 6.62. The summed E-state index contributed by atoms with van der Waals surface area (Å²) in [6, 6.07) is 0.